The highest BCUT2D eigenvalue weighted by atomic mass is 16.5. The quantitative estimate of drug-likeness (QED) is 0.850. The Balaban J connectivity index is 1.61. The predicted octanol–water partition coefficient (Wildman–Crippen LogP) is 1.61. The number of ether oxygens (including phenoxy) is 1. The molecule has 0 radical (unpaired) electrons. The third-order valence-corrected chi connectivity index (χ3v) is 4.51. The first-order chi connectivity index (χ1) is 11.6. The van der Waals surface area contributed by atoms with Crippen LogP contribution in [0.25, 0.3) is 6.08 Å². The van der Waals surface area contributed by atoms with Crippen molar-refractivity contribution in [2.75, 3.05) is 37.7 Å². The fourth-order valence-corrected chi connectivity index (χ4v) is 3.17. The van der Waals surface area contributed by atoms with Crippen LogP contribution >= 0.6 is 0 Å². The molecule has 2 saturated heterocycles. The van der Waals surface area contributed by atoms with Crippen molar-refractivity contribution in [2.45, 2.75) is 18.9 Å². The molecule has 6 heteroatoms. The molecule has 0 aromatic heterocycles. The molecule has 1 aromatic rings. The zero-order valence-electron chi connectivity index (χ0n) is 13.6. The summed E-state index contributed by atoms with van der Waals surface area (Å²) in [6.07, 6.45) is 4.47. The molecule has 0 bridgehead atoms. The highest BCUT2D eigenvalue weighted by Gasteiger charge is 2.32. The fraction of sp³-hybridized carbons (Fsp3) is 0.444. The second-order valence-electron chi connectivity index (χ2n) is 6.05. The van der Waals surface area contributed by atoms with Crippen molar-refractivity contribution in [3.63, 3.8) is 0 Å². The molecule has 0 saturated carbocycles. The number of benzene rings is 1. The Hall–Kier alpha value is -2.34. The number of amides is 1. The van der Waals surface area contributed by atoms with Gasteiger partial charge >= 0.3 is 5.97 Å². The van der Waals surface area contributed by atoms with Crippen molar-refractivity contribution in [1.82, 2.24) is 4.90 Å². The van der Waals surface area contributed by atoms with Gasteiger partial charge in [0, 0.05) is 31.4 Å². The van der Waals surface area contributed by atoms with Gasteiger partial charge in [0.05, 0.1) is 13.2 Å². The molecule has 1 unspecified atom stereocenters. The Labute approximate surface area is 141 Å². The molecule has 0 spiro atoms. The summed E-state index contributed by atoms with van der Waals surface area (Å²) in [7, 11) is 0. The van der Waals surface area contributed by atoms with Crippen molar-refractivity contribution in [3.05, 3.63) is 35.9 Å². The fourth-order valence-electron chi connectivity index (χ4n) is 3.17. The molecular weight excluding hydrogens is 308 g/mol. The van der Waals surface area contributed by atoms with Gasteiger partial charge < -0.3 is 19.6 Å². The van der Waals surface area contributed by atoms with Gasteiger partial charge in [-0.1, -0.05) is 12.1 Å². The van der Waals surface area contributed by atoms with Gasteiger partial charge in [0.2, 0.25) is 5.91 Å². The number of carbonyl (C=O) groups excluding carboxylic acids is 1. The summed E-state index contributed by atoms with van der Waals surface area (Å²) in [4.78, 5) is 27.0. The maximum atomic E-state index is 12.2. The van der Waals surface area contributed by atoms with Gasteiger partial charge in [-0.25, -0.2) is 4.79 Å². The van der Waals surface area contributed by atoms with Crippen molar-refractivity contribution < 1.29 is 19.4 Å². The van der Waals surface area contributed by atoms with E-state index in [9.17, 15) is 9.59 Å². The van der Waals surface area contributed by atoms with Crippen LogP contribution in [0.15, 0.2) is 30.3 Å². The molecule has 24 heavy (non-hydrogen) atoms. The monoisotopic (exact) mass is 330 g/mol. The molecule has 2 fully saturated rings. The van der Waals surface area contributed by atoms with Crippen LogP contribution < -0.4 is 4.90 Å². The number of carboxylic acids is 1. The van der Waals surface area contributed by atoms with E-state index < -0.39 is 12.0 Å². The van der Waals surface area contributed by atoms with Gasteiger partial charge in [-0.05, 0) is 36.6 Å². The molecule has 128 valence electrons. The zero-order chi connectivity index (χ0) is 16.9. The summed E-state index contributed by atoms with van der Waals surface area (Å²) in [6, 6.07) is 7.31. The third kappa shape index (κ3) is 3.76. The minimum absolute atomic E-state index is 0.239. The number of morpholine rings is 1. The predicted molar refractivity (Wildman–Crippen MR) is 90.9 cm³/mol. The normalized spacial score (nSPS) is 21.4. The molecule has 1 amide bonds. The number of rotatable bonds is 4. The summed E-state index contributed by atoms with van der Waals surface area (Å²) < 4.78 is 5.35. The zero-order valence-corrected chi connectivity index (χ0v) is 13.6. The van der Waals surface area contributed by atoms with Gasteiger partial charge in [-0.3, -0.25) is 4.79 Å². The highest BCUT2D eigenvalue weighted by molar-refractivity contribution is 5.94. The molecule has 1 N–H and O–H groups in total. The van der Waals surface area contributed by atoms with E-state index in [1.807, 2.05) is 24.3 Å². The Kier molecular flexibility index (Phi) is 5.15. The molecule has 3 rings (SSSR count). The van der Waals surface area contributed by atoms with Crippen LogP contribution in [0.5, 0.6) is 0 Å². The lowest BCUT2D eigenvalue weighted by molar-refractivity contribution is -0.146. The van der Waals surface area contributed by atoms with E-state index in [0.29, 0.717) is 13.0 Å². The van der Waals surface area contributed by atoms with Gasteiger partial charge in [0.15, 0.2) is 0 Å². The van der Waals surface area contributed by atoms with E-state index >= 15 is 0 Å². The van der Waals surface area contributed by atoms with Crippen LogP contribution in [0.2, 0.25) is 0 Å². The summed E-state index contributed by atoms with van der Waals surface area (Å²) in [6.45, 7) is 3.78. The first-order valence-corrected chi connectivity index (χ1v) is 8.29. The minimum atomic E-state index is -0.927. The van der Waals surface area contributed by atoms with Crippen molar-refractivity contribution in [1.29, 1.82) is 0 Å². The van der Waals surface area contributed by atoms with Crippen molar-refractivity contribution in [2.24, 2.45) is 0 Å². The van der Waals surface area contributed by atoms with E-state index in [2.05, 4.69) is 4.90 Å². The minimum Gasteiger partial charge on any atom is -0.480 e. The highest BCUT2D eigenvalue weighted by Crippen LogP contribution is 2.19. The standard InChI is InChI=1S/C18H22N2O4/c21-17(20-9-1-2-16(20)18(22)23)8-5-14-3-6-15(7-4-14)19-10-12-24-13-11-19/h3-8,16H,1-2,9-13H2,(H,22,23)/b8-5+. The Morgan fingerprint density at radius 3 is 2.50 bits per heavy atom. The number of carbonyl (C=O) groups is 2. The number of hydrogen-bond acceptors (Lipinski definition) is 4. The number of likely N-dealkylation sites (tertiary alicyclic amines) is 1. The van der Waals surface area contributed by atoms with Gasteiger partial charge in [0.1, 0.15) is 6.04 Å². The van der Waals surface area contributed by atoms with Crippen LogP contribution in [0.4, 0.5) is 5.69 Å². The van der Waals surface area contributed by atoms with E-state index in [1.54, 1.807) is 6.08 Å². The lowest BCUT2D eigenvalue weighted by Crippen LogP contribution is -2.39. The van der Waals surface area contributed by atoms with Crippen LogP contribution in [0, 0.1) is 0 Å². The lowest BCUT2D eigenvalue weighted by atomic mass is 10.1. The first kappa shape index (κ1) is 16.5. The van der Waals surface area contributed by atoms with E-state index in [1.165, 1.54) is 11.0 Å². The Morgan fingerprint density at radius 2 is 1.83 bits per heavy atom. The SMILES string of the molecule is O=C(O)C1CCCN1C(=O)/C=C/c1ccc(N2CCOCC2)cc1. The molecule has 1 atom stereocenters. The van der Waals surface area contributed by atoms with Crippen molar-refractivity contribution >= 4 is 23.6 Å². The van der Waals surface area contributed by atoms with Gasteiger partial charge in [0.25, 0.3) is 0 Å². The Bertz CT molecular complexity index is 620. The first-order valence-electron chi connectivity index (χ1n) is 8.29. The largest absolute Gasteiger partial charge is 0.480 e. The van der Waals surface area contributed by atoms with E-state index in [-0.39, 0.29) is 5.91 Å². The molecule has 1 aromatic carbocycles. The van der Waals surface area contributed by atoms with Gasteiger partial charge in [-0.2, -0.15) is 0 Å². The summed E-state index contributed by atoms with van der Waals surface area (Å²) in [5.41, 5.74) is 2.07. The molecule has 0 aliphatic carbocycles. The summed E-state index contributed by atoms with van der Waals surface area (Å²) in [5.74, 6) is -1.17. The van der Waals surface area contributed by atoms with Crippen LogP contribution in [0.1, 0.15) is 18.4 Å². The average molecular weight is 330 g/mol. The molecule has 2 aliphatic rings. The lowest BCUT2D eigenvalue weighted by Gasteiger charge is -2.28. The second-order valence-corrected chi connectivity index (χ2v) is 6.05. The van der Waals surface area contributed by atoms with Crippen LogP contribution in [-0.4, -0.2) is 60.8 Å². The van der Waals surface area contributed by atoms with E-state index in [4.69, 9.17) is 9.84 Å². The summed E-state index contributed by atoms with van der Waals surface area (Å²) in [5, 5.41) is 9.14. The van der Waals surface area contributed by atoms with Crippen LogP contribution in [-0.2, 0) is 14.3 Å². The van der Waals surface area contributed by atoms with Crippen molar-refractivity contribution in [3.8, 4) is 0 Å². The van der Waals surface area contributed by atoms with Gasteiger partial charge in [-0.15, -0.1) is 0 Å². The Morgan fingerprint density at radius 1 is 1.12 bits per heavy atom. The van der Waals surface area contributed by atoms with E-state index in [0.717, 1.165) is 44.0 Å². The molecule has 2 aliphatic heterocycles. The number of anilines is 1. The smallest absolute Gasteiger partial charge is 0.326 e. The maximum absolute atomic E-state index is 12.2. The second kappa shape index (κ2) is 7.49. The molecule has 2 heterocycles. The third-order valence-electron chi connectivity index (χ3n) is 4.51. The number of carboxylic acid groups (broad SMARTS) is 1. The molecular formula is C18H22N2O4. The van der Waals surface area contributed by atoms with Crippen LogP contribution in [0.3, 0.4) is 0 Å². The number of nitrogens with zero attached hydrogens (tertiary/aromatic N) is 2. The number of hydrogen-bond donors (Lipinski definition) is 1. The molecule has 6 nitrogen and oxygen atoms in total. The number of aliphatic carboxylic acids is 1. The summed E-state index contributed by atoms with van der Waals surface area (Å²) >= 11 is 0. The topological polar surface area (TPSA) is 70.1 Å². The average Bonchev–Trinajstić information content (AvgIpc) is 3.11. The maximum Gasteiger partial charge on any atom is 0.326 e.